The van der Waals surface area contributed by atoms with Crippen molar-refractivity contribution in [1.29, 1.82) is 0 Å². The molecule has 30 heavy (non-hydrogen) atoms. The predicted molar refractivity (Wildman–Crippen MR) is 117 cm³/mol. The normalized spacial score (nSPS) is 25.4. The number of carbonyl (C=O) groups excluding carboxylic acids is 1. The Kier molecular flexibility index (Phi) is 5.37. The van der Waals surface area contributed by atoms with Gasteiger partial charge in [0.2, 0.25) is 5.91 Å². The molecule has 0 radical (unpaired) electrons. The van der Waals surface area contributed by atoms with Crippen LogP contribution in [0.15, 0.2) is 59.7 Å². The second kappa shape index (κ2) is 8.30. The number of benzene rings is 2. The molecule has 1 amide bonds. The number of rotatable bonds is 4. The highest BCUT2D eigenvalue weighted by Gasteiger charge is 2.50. The standard InChI is InChI=1S/C23H25FN4OS/c24-18-12-10-17(11-13-18)15-30-23-26-25-22-27(14-16-6-2-1-3-7-16)21(29)19-8-4-5-9-20(19)28(22)23/h1-3,6-7,10-13,19-20,22,25H,4-5,8-9,14-15H2. The summed E-state index contributed by atoms with van der Waals surface area (Å²) in [5.41, 5.74) is 5.40. The third-order valence-electron chi connectivity index (χ3n) is 6.22. The number of amidine groups is 1. The summed E-state index contributed by atoms with van der Waals surface area (Å²) in [7, 11) is 0. The van der Waals surface area contributed by atoms with E-state index in [0.29, 0.717) is 12.3 Å². The van der Waals surface area contributed by atoms with E-state index in [4.69, 9.17) is 0 Å². The van der Waals surface area contributed by atoms with Gasteiger partial charge in [-0.15, -0.1) is 0 Å². The summed E-state index contributed by atoms with van der Waals surface area (Å²) in [4.78, 5) is 17.7. The molecule has 1 N–H and O–H groups in total. The number of hydrogen-bond donors (Lipinski definition) is 1. The average Bonchev–Trinajstić information content (AvgIpc) is 3.21. The summed E-state index contributed by atoms with van der Waals surface area (Å²) < 4.78 is 13.2. The summed E-state index contributed by atoms with van der Waals surface area (Å²) in [6, 6.07) is 16.9. The highest BCUT2D eigenvalue weighted by Crippen LogP contribution is 2.39. The number of amides is 1. The minimum atomic E-state index is -0.243. The number of halogens is 1. The molecule has 7 heteroatoms. The second-order valence-corrected chi connectivity index (χ2v) is 9.07. The van der Waals surface area contributed by atoms with Gasteiger partial charge in [-0.1, -0.05) is 67.1 Å². The SMILES string of the molecule is O=C1C2CCCCC2N2C(SCc3ccc(F)cc3)=NNC2N1Cc1ccccc1. The zero-order valence-corrected chi connectivity index (χ0v) is 17.5. The minimum absolute atomic E-state index is 0.0234. The molecule has 2 aliphatic heterocycles. The molecule has 5 rings (SSSR count). The van der Waals surface area contributed by atoms with Crippen molar-refractivity contribution in [2.75, 3.05) is 0 Å². The molecule has 156 valence electrons. The quantitative estimate of drug-likeness (QED) is 0.802. The second-order valence-electron chi connectivity index (χ2n) is 8.13. The Morgan fingerprint density at radius 3 is 2.60 bits per heavy atom. The van der Waals surface area contributed by atoms with Crippen LogP contribution < -0.4 is 5.43 Å². The van der Waals surface area contributed by atoms with Gasteiger partial charge >= 0.3 is 0 Å². The Morgan fingerprint density at radius 2 is 1.80 bits per heavy atom. The lowest BCUT2D eigenvalue weighted by Crippen LogP contribution is -2.66. The van der Waals surface area contributed by atoms with E-state index < -0.39 is 0 Å². The van der Waals surface area contributed by atoms with Gasteiger partial charge in [0.05, 0.1) is 5.92 Å². The van der Waals surface area contributed by atoms with Gasteiger partial charge in [-0.25, -0.2) is 4.39 Å². The Hall–Kier alpha value is -2.54. The number of hydrogen-bond acceptors (Lipinski definition) is 5. The summed E-state index contributed by atoms with van der Waals surface area (Å²) >= 11 is 1.65. The molecule has 2 aromatic rings. The molecule has 5 nitrogen and oxygen atoms in total. The first-order valence-electron chi connectivity index (χ1n) is 10.5. The van der Waals surface area contributed by atoms with Crippen LogP contribution in [0.2, 0.25) is 0 Å². The number of hydrazone groups is 1. The van der Waals surface area contributed by atoms with Crippen molar-refractivity contribution in [3.05, 3.63) is 71.5 Å². The third-order valence-corrected chi connectivity index (χ3v) is 7.26. The molecule has 1 aliphatic carbocycles. The van der Waals surface area contributed by atoms with Gasteiger partial charge in [-0.05, 0) is 36.1 Å². The first-order valence-corrected chi connectivity index (χ1v) is 11.5. The molecule has 3 aliphatic rings. The van der Waals surface area contributed by atoms with Crippen LogP contribution in [0, 0.1) is 11.7 Å². The van der Waals surface area contributed by atoms with E-state index in [9.17, 15) is 9.18 Å². The number of fused-ring (bicyclic) bond motifs is 3. The van der Waals surface area contributed by atoms with Crippen LogP contribution in [0.1, 0.15) is 36.8 Å². The maximum Gasteiger partial charge on any atom is 0.231 e. The van der Waals surface area contributed by atoms with E-state index in [0.717, 1.165) is 42.0 Å². The van der Waals surface area contributed by atoms with Gasteiger partial charge in [0.25, 0.3) is 0 Å². The van der Waals surface area contributed by atoms with Crippen molar-refractivity contribution < 1.29 is 9.18 Å². The fourth-order valence-corrected chi connectivity index (χ4v) is 5.72. The largest absolute Gasteiger partial charge is 0.307 e. The van der Waals surface area contributed by atoms with Gasteiger partial charge in [-0.3, -0.25) is 15.1 Å². The molecule has 0 bridgehead atoms. The van der Waals surface area contributed by atoms with Crippen LogP contribution in [0.5, 0.6) is 0 Å². The summed E-state index contributed by atoms with van der Waals surface area (Å²) in [5.74, 6) is 0.751. The molecule has 3 atom stereocenters. The maximum atomic E-state index is 13.4. The molecule has 1 saturated carbocycles. The van der Waals surface area contributed by atoms with Gasteiger partial charge in [0.15, 0.2) is 11.5 Å². The van der Waals surface area contributed by atoms with E-state index in [1.165, 1.54) is 12.1 Å². The molecule has 2 aromatic carbocycles. The zero-order valence-electron chi connectivity index (χ0n) is 16.7. The first kappa shape index (κ1) is 19.4. The third kappa shape index (κ3) is 3.67. The Balaban J connectivity index is 1.37. The summed E-state index contributed by atoms with van der Waals surface area (Å²) in [6.07, 6.45) is 3.96. The predicted octanol–water partition coefficient (Wildman–Crippen LogP) is 4.12. The lowest BCUT2D eigenvalue weighted by atomic mass is 9.81. The topological polar surface area (TPSA) is 47.9 Å². The molecule has 2 heterocycles. The number of nitrogens with zero attached hydrogens (tertiary/aromatic N) is 3. The van der Waals surface area contributed by atoms with Crippen molar-refractivity contribution in [2.45, 2.75) is 50.3 Å². The number of carbonyl (C=O) groups is 1. The summed E-state index contributed by atoms with van der Waals surface area (Å²) in [6.45, 7) is 0.572. The van der Waals surface area contributed by atoms with Crippen LogP contribution in [-0.2, 0) is 17.1 Å². The van der Waals surface area contributed by atoms with Crippen molar-refractivity contribution in [3.8, 4) is 0 Å². The number of nitrogens with one attached hydrogen (secondary N) is 1. The molecule has 1 saturated heterocycles. The monoisotopic (exact) mass is 424 g/mol. The van der Waals surface area contributed by atoms with Crippen molar-refractivity contribution in [1.82, 2.24) is 15.2 Å². The fourth-order valence-electron chi connectivity index (χ4n) is 4.73. The van der Waals surface area contributed by atoms with Gasteiger partial charge in [0, 0.05) is 18.3 Å². The van der Waals surface area contributed by atoms with E-state index in [1.54, 1.807) is 11.8 Å². The Morgan fingerprint density at radius 1 is 1.03 bits per heavy atom. The molecular formula is C23H25FN4OS. The van der Waals surface area contributed by atoms with Crippen LogP contribution >= 0.6 is 11.8 Å². The van der Waals surface area contributed by atoms with Crippen LogP contribution in [0.4, 0.5) is 4.39 Å². The molecule has 3 unspecified atom stereocenters. The zero-order chi connectivity index (χ0) is 20.5. The van der Waals surface area contributed by atoms with Crippen LogP contribution in [-0.4, -0.2) is 33.2 Å². The van der Waals surface area contributed by atoms with Crippen LogP contribution in [0.25, 0.3) is 0 Å². The molecule has 2 fully saturated rings. The average molecular weight is 425 g/mol. The van der Waals surface area contributed by atoms with Crippen LogP contribution in [0.3, 0.4) is 0 Å². The lowest BCUT2D eigenvalue weighted by molar-refractivity contribution is -0.156. The summed E-state index contributed by atoms with van der Waals surface area (Å²) in [5, 5.41) is 5.54. The van der Waals surface area contributed by atoms with E-state index in [-0.39, 0.29) is 30.0 Å². The van der Waals surface area contributed by atoms with Crippen molar-refractivity contribution in [2.24, 2.45) is 11.0 Å². The lowest BCUT2D eigenvalue weighted by Gasteiger charge is -2.50. The maximum absolute atomic E-state index is 13.4. The Bertz CT molecular complexity index is 936. The van der Waals surface area contributed by atoms with E-state index in [2.05, 4.69) is 27.6 Å². The van der Waals surface area contributed by atoms with Crippen molar-refractivity contribution >= 4 is 22.8 Å². The van der Waals surface area contributed by atoms with E-state index >= 15 is 0 Å². The van der Waals surface area contributed by atoms with Gasteiger partial charge in [-0.2, -0.15) is 5.10 Å². The fraction of sp³-hybridized carbons (Fsp3) is 0.391. The smallest absolute Gasteiger partial charge is 0.231 e. The highest BCUT2D eigenvalue weighted by atomic mass is 32.2. The molecule has 0 spiro atoms. The van der Waals surface area contributed by atoms with E-state index in [1.807, 2.05) is 35.2 Å². The van der Waals surface area contributed by atoms with Crippen molar-refractivity contribution in [3.63, 3.8) is 0 Å². The van der Waals surface area contributed by atoms with Gasteiger partial charge < -0.3 is 4.90 Å². The highest BCUT2D eigenvalue weighted by molar-refractivity contribution is 8.13. The number of thioether (sulfide) groups is 1. The minimum Gasteiger partial charge on any atom is -0.307 e. The first-order chi connectivity index (χ1) is 14.7. The van der Waals surface area contributed by atoms with Gasteiger partial charge in [0.1, 0.15) is 5.82 Å². The molecule has 0 aromatic heterocycles. The molecular weight excluding hydrogens is 399 g/mol. The Labute approximate surface area is 180 Å².